The van der Waals surface area contributed by atoms with Gasteiger partial charge < -0.3 is 9.47 Å². The average molecular weight is 284 g/mol. The molecule has 20 heavy (non-hydrogen) atoms. The lowest BCUT2D eigenvalue weighted by Gasteiger charge is -2.21. The Morgan fingerprint density at radius 1 is 1.00 bits per heavy atom. The summed E-state index contributed by atoms with van der Waals surface area (Å²) < 4.78 is 10.4. The van der Waals surface area contributed by atoms with Crippen LogP contribution in [0.25, 0.3) is 0 Å². The van der Waals surface area contributed by atoms with E-state index in [9.17, 15) is 9.59 Å². The second-order valence-corrected chi connectivity index (χ2v) is 6.13. The smallest absolute Gasteiger partial charge is 0.306 e. The molecule has 1 aliphatic carbocycles. The highest BCUT2D eigenvalue weighted by molar-refractivity contribution is 5.77. The summed E-state index contributed by atoms with van der Waals surface area (Å²) in [5.74, 6) is 0.198. The van der Waals surface area contributed by atoms with Gasteiger partial charge in [-0.05, 0) is 31.6 Å². The first-order valence-corrected chi connectivity index (χ1v) is 7.84. The number of carbonyl (C=O) groups is 2. The zero-order valence-corrected chi connectivity index (χ0v) is 13.0. The lowest BCUT2D eigenvalue weighted by molar-refractivity contribution is -0.155. The minimum Gasteiger partial charge on any atom is -0.465 e. The van der Waals surface area contributed by atoms with Crippen LogP contribution in [0.15, 0.2) is 0 Å². The fraction of sp³-hybridized carbons (Fsp3) is 0.875. The molecule has 0 aliphatic heterocycles. The molecule has 4 heteroatoms. The number of esters is 2. The molecule has 1 rings (SSSR count). The van der Waals surface area contributed by atoms with E-state index in [1.165, 1.54) is 19.3 Å². The van der Waals surface area contributed by atoms with E-state index in [4.69, 9.17) is 9.47 Å². The highest BCUT2D eigenvalue weighted by Gasteiger charge is 2.17. The van der Waals surface area contributed by atoms with Gasteiger partial charge in [0.15, 0.2) is 0 Å². The molecule has 1 saturated carbocycles. The van der Waals surface area contributed by atoms with Gasteiger partial charge in [0.25, 0.3) is 0 Å². The molecule has 0 radical (unpaired) electrons. The van der Waals surface area contributed by atoms with Gasteiger partial charge >= 0.3 is 11.9 Å². The molecule has 1 fully saturated rings. The van der Waals surface area contributed by atoms with E-state index in [1.807, 2.05) is 20.8 Å². The second-order valence-electron chi connectivity index (χ2n) is 6.13. The van der Waals surface area contributed by atoms with Crippen LogP contribution in [0.4, 0.5) is 0 Å². The first-order valence-electron chi connectivity index (χ1n) is 7.84. The summed E-state index contributed by atoms with van der Waals surface area (Å²) in [6.07, 6.45) is 6.20. The summed E-state index contributed by atoms with van der Waals surface area (Å²) in [5.41, 5.74) is 0. The zero-order chi connectivity index (χ0) is 15.0. The maximum absolute atomic E-state index is 11.6. The fourth-order valence-corrected chi connectivity index (χ4v) is 2.24. The van der Waals surface area contributed by atoms with E-state index in [-0.39, 0.29) is 36.8 Å². The summed E-state index contributed by atoms with van der Waals surface area (Å²) in [6, 6.07) is 0. The van der Waals surface area contributed by atoms with Crippen molar-refractivity contribution in [2.24, 2.45) is 11.8 Å². The van der Waals surface area contributed by atoms with E-state index in [0.29, 0.717) is 12.5 Å². The van der Waals surface area contributed by atoms with Crippen LogP contribution in [0.2, 0.25) is 0 Å². The van der Waals surface area contributed by atoms with Crippen LogP contribution in [0.1, 0.15) is 65.7 Å². The maximum Gasteiger partial charge on any atom is 0.306 e. The van der Waals surface area contributed by atoms with Crippen molar-refractivity contribution in [3.05, 3.63) is 0 Å². The van der Waals surface area contributed by atoms with Crippen molar-refractivity contribution in [1.82, 2.24) is 0 Å². The lowest BCUT2D eigenvalue weighted by Crippen LogP contribution is -2.21. The minimum atomic E-state index is -0.319. The number of carbonyl (C=O) groups excluding carboxylic acids is 2. The van der Waals surface area contributed by atoms with Crippen LogP contribution < -0.4 is 0 Å². The Balaban J connectivity index is 2.11. The highest BCUT2D eigenvalue weighted by atomic mass is 16.5. The van der Waals surface area contributed by atoms with Gasteiger partial charge in [-0.1, -0.05) is 33.1 Å². The van der Waals surface area contributed by atoms with Gasteiger partial charge in [-0.15, -0.1) is 0 Å². The Labute approximate surface area is 122 Å². The summed E-state index contributed by atoms with van der Waals surface area (Å²) in [7, 11) is 0. The summed E-state index contributed by atoms with van der Waals surface area (Å²) in [4.78, 5) is 23.1. The standard InChI is InChI=1S/C16H28O4/c1-12(2)13(3)20-16(18)10-9-15(17)19-11-14-7-5-4-6-8-14/h12-14H,4-11H2,1-3H3. The summed E-state index contributed by atoms with van der Waals surface area (Å²) in [5, 5.41) is 0. The van der Waals surface area contributed by atoms with Gasteiger partial charge in [-0.25, -0.2) is 0 Å². The van der Waals surface area contributed by atoms with Gasteiger partial charge in [0.05, 0.1) is 19.4 Å². The Bertz CT molecular complexity index is 306. The molecule has 1 aliphatic rings. The largest absolute Gasteiger partial charge is 0.465 e. The molecular weight excluding hydrogens is 256 g/mol. The van der Waals surface area contributed by atoms with Crippen molar-refractivity contribution in [2.75, 3.05) is 6.61 Å². The normalized spacial score (nSPS) is 17.8. The molecule has 0 heterocycles. The topological polar surface area (TPSA) is 52.6 Å². The molecule has 0 N–H and O–H groups in total. The van der Waals surface area contributed by atoms with Crippen LogP contribution in [0.5, 0.6) is 0 Å². The van der Waals surface area contributed by atoms with E-state index in [0.717, 1.165) is 12.8 Å². The first-order chi connectivity index (χ1) is 9.49. The van der Waals surface area contributed by atoms with Crippen molar-refractivity contribution in [1.29, 1.82) is 0 Å². The molecule has 0 amide bonds. The van der Waals surface area contributed by atoms with E-state index in [1.54, 1.807) is 0 Å². The predicted octanol–water partition coefficient (Wildman–Crippen LogP) is 3.48. The van der Waals surface area contributed by atoms with Gasteiger partial charge in [0.2, 0.25) is 0 Å². The number of hydrogen-bond acceptors (Lipinski definition) is 4. The van der Waals surface area contributed by atoms with Crippen LogP contribution in [0.3, 0.4) is 0 Å². The molecule has 0 spiro atoms. The Morgan fingerprint density at radius 2 is 1.60 bits per heavy atom. The predicted molar refractivity (Wildman–Crippen MR) is 77.2 cm³/mol. The van der Waals surface area contributed by atoms with Crippen LogP contribution in [0, 0.1) is 11.8 Å². The third-order valence-corrected chi connectivity index (χ3v) is 3.99. The summed E-state index contributed by atoms with van der Waals surface area (Å²) in [6.45, 7) is 6.37. The van der Waals surface area contributed by atoms with E-state index < -0.39 is 0 Å². The quantitative estimate of drug-likeness (QED) is 0.672. The van der Waals surface area contributed by atoms with Crippen molar-refractivity contribution >= 4 is 11.9 Å². The Hall–Kier alpha value is -1.06. The first kappa shape index (κ1) is 17.0. The molecule has 0 aromatic heterocycles. The number of ether oxygens (including phenoxy) is 2. The minimum absolute atomic E-state index is 0.110. The maximum atomic E-state index is 11.6. The average Bonchev–Trinajstić information content (AvgIpc) is 2.43. The number of hydrogen-bond donors (Lipinski definition) is 0. The molecular formula is C16H28O4. The van der Waals surface area contributed by atoms with E-state index >= 15 is 0 Å². The van der Waals surface area contributed by atoms with E-state index in [2.05, 4.69) is 0 Å². The molecule has 0 saturated heterocycles. The second kappa shape index (κ2) is 8.98. The van der Waals surface area contributed by atoms with Gasteiger partial charge in [-0.3, -0.25) is 9.59 Å². The van der Waals surface area contributed by atoms with Crippen LogP contribution in [-0.4, -0.2) is 24.6 Å². The van der Waals surface area contributed by atoms with Crippen molar-refractivity contribution in [3.8, 4) is 0 Å². The SMILES string of the molecule is CC(C)C(C)OC(=O)CCC(=O)OCC1CCCCC1. The van der Waals surface area contributed by atoms with Gasteiger partial charge in [0.1, 0.15) is 6.10 Å². The summed E-state index contributed by atoms with van der Waals surface area (Å²) >= 11 is 0. The highest BCUT2D eigenvalue weighted by Crippen LogP contribution is 2.23. The molecule has 1 unspecified atom stereocenters. The molecule has 1 atom stereocenters. The molecule has 0 bridgehead atoms. The van der Waals surface area contributed by atoms with Gasteiger partial charge in [0, 0.05) is 0 Å². The fourth-order valence-electron chi connectivity index (χ4n) is 2.24. The Morgan fingerprint density at radius 3 is 2.20 bits per heavy atom. The van der Waals surface area contributed by atoms with Crippen molar-refractivity contribution in [3.63, 3.8) is 0 Å². The van der Waals surface area contributed by atoms with Crippen LogP contribution in [-0.2, 0) is 19.1 Å². The lowest BCUT2D eigenvalue weighted by atomic mass is 9.90. The monoisotopic (exact) mass is 284 g/mol. The molecule has 116 valence electrons. The van der Waals surface area contributed by atoms with Crippen molar-refractivity contribution < 1.29 is 19.1 Å². The van der Waals surface area contributed by atoms with Crippen molar-refractivity contribution in [2.45, 2.75) is 71.8 Å². The molecule has 4 nitrogen and oxygen atoms in total. The zero-order valence-electron chi connectivity index (χ0n) is 13.0. The molecule has 0 aromatic carbocycles. The number of rotatable bonds is 7. The van der Waals surface area contributed by atoms with Crippen LogP contribution >= 0.6 is 0 Å². The van der Waals surface area contributed by atoms with Gasteiger partial charge in [-0.2, -0.15) is 0 Å². The molecule has 0 aromatic rings. The third-order valence-electron chi connectivity index (χ3n) is 3.99. The Kier molecular flexibility index (Phi) is 7.63. The third kappa shape index (κ3) is 6.92.